The summed E-state index contributed by atoms with van der Waals surface area (Å²) in [5, 5.41) is 0. The summed E-state index contributed by atoms with van der Waals surface area (Å²) in [4.78, 5) is 33.1. The summed E-state index contributed by atoms with van der Waals surface area (Å²) >= 11 is 0. The number of oxazole rings is 1. The molecule has 0 radical (unpaired) electrons. The van der Waals surface area contributed by atoms with Crippen molar-refractivity contribution in [2.75, 3.05) is 37.7 Å². The molecule has 3 heterocycles. The lowest BCUT2D eigenvalue weighted by Gasteiger charge is -2.29. The molecule has 7 nitrogen and oxygen atoms in total. The number of nitrogens with zero attached hydrogens (tertiary/aromatic N) is 3. The van der Waals surface area contributed by atoms with E-state index in [-0.39, 0.29) is 24.4 Å². The first kappa shape index (κ1) is 18.8. The van der Waals surface area contributed by atoms with Crippen molar-refractivity contribution in [2.24, 2.45) is 5.92 Å². The molecule has 150 valence electrons. The second-order valence-electron chi connectivity index (χ2n) is 7.63. The smallest absolute Gasteiger partial charge is 0.309 e. The number of anilines is 1. The molecule has 0 aliphatic carbocycles. The van der Waals surface area contributed by atoms with Gasteiger partial charge in [-0.3, -0.25) is 9.59 Å². The maximum atomic E-state index is 12.4. The van der Waals surface area contributed by atoms with E-state index in [0.717, 1.165) is 37.0 Å². The third-order valence-electron chi connectivity index (χ3n) is 5.68. The number of likely N-dealkylation sites (tertiary alicyclic amines) is 1. The number of rotatable bonds is 4. The molecule has 0 atom stereocenters. The van der Waals surface area contributed by atoms with Gasteiger partial charge in [-0.1, -0.05) is 25.0 Å². The molecule has 7 heteroatoms. The van der Waals surface area contributed by atoms with Crippen molar-refractivity contribution < 1.29 is 18.7 Å². The van der Waals surface area contributed by atoms with E-state index in [4.69, 9.17) is 9.15 Å². The van der Waals surface area contributed by atoms with Gasteiger partial charge in [-0.2, -0.15) is 4.98 Å². The molecular weight excluding hydrogens is 358 g/mol. The van der Waals surface area contributed by atoms with Gasteiger partial charge < -0.3 is 19.0 Å². The van der Waals surface area contributed by atoms with Gasteiger partial charge in [0.15, 0.2) is 12.2 Å². The normalized spacial score (nSPS) is 18.9. The monoisotopic (exact) mass is 385 g/mol. The highest BCUT2D eigenvalue weighted by atomic mass is 16.5. The Morgan fingerprint density at radius 2 is 1.75 bits per heavy atom. The first-order chi connectivity index (χ1) is 13.7. The molecule has 4 rings (SSSR count). The largest absolute Gasteiger partial charge is 0.455 e. The van der Waals surface area contributed by atoms with E-state index in [9.17, 15) is 9.59 Å². The zero-order valence-corrected chi connectivity index (χ0v) is 16.1. The molecule has 28 heavy (non-hydrogen) atoms. The van der Waals surface area contributed by atoms with Crippen LogP contribution in [0.25, 0.3) is 11.1 Å². The highest BCUT2D eigenvalue weighted by molar-refractivity contribution is 5.81. The van der Waals surface area contributed by atoms with E-state index < -0.39 is 0 Å². The van der Waals surface area contributed by atoms with Gasteiger partial charge >= 0.3 is 5.97 Å². The molecule has 1 aromatic carbocycles. The van der Waals surface area contributed by atoms with E-state index in [2.05, 4.69) is 9.88 Å². The summed E-state index contributed by atoms with van der Waals surface area (Å²) < 4.78 is 11.1. The minimum atomic E-state index is -0.264. The van der Waals surface area contributed by atoms with E-state index in [1.807, 2.05) is 29.2 Å². The Hall–Kier alpha value is -2.57. The molecule has 2 aliphatic heterocycles. The Morgan fingerprint density at radius 1 is 1.04 bits per heavy atom. The van der Waals surface area contributed by atoms with E-state index in [1.165, 1.54) is 12.8 Å². The fourth-order valence-corrected chi connectivity index (χ4v) is 3.96. The summed E-state index contributed by atoms with van der Waals surface area (Å²) in [5.41, 5.74) is 1.61. The van der Waals surface area contributed by atoms with Crippen molar-refractivity contribution in [3.63, 3.8) is 0 Å². The highest BCUT2D eigenvalue weighted by Crippen LogP contribution is 2.26. The van der Waals surface area contributed by atoms with Crippen LogP contribution in [0, 0.1) is 5.92 Å². The lowest BCUT2D eigenvalue weighted by molar-refractivity contribution is -0.156. The second kappa shape index (κ2) is 8.63. The molecule has 0 bridgehead atoms. The number of para-hydroxylation sites is 2. The predicted molar refractivity (Wildman–Crippen MR) is 105 cm³/mol. The molecule has 2 fully saturated rings. The molecule has 1 aromatic heterocycles. The standard InChI is InChI=1S/C21H27N3O4/c25-19(23-11-5-1-2-6-12-23)15-27-20(26)16-9-13-24(14-10-16)21-22-17-7-3-4-8-18(17)28-21/h3-4,7-8,16H,1-2,5-6,9-15H2. The van der Waals surface area contributed by atoms with E-state index in [1.54, 1.807) is 0 Å². The number of ether oxygens (including phenoxy) is 1. The van der Waals surface area contributed by atoms with Crippen LogP contribution in [0.5, 0.6) is 0 Å². The number of hydrogen-bond donors (Lipinski definition) is 0. The van der Waals surface area contributed by atoms with Crippen LogP contribution in [-0.2, 0) is 14.3 Å². The summed E-state index contributed by atoms with van der Waals surface area (Å²) in [7, 11) is 0. The Kier molecular flexibility index (Phi) is 5.78. The SMILES string of the molecule is O=C(OCC(=O)N1CCCCCC1)C1CCN(c2nc3ccccc3o2)CC1. The van der Waals surface area contributed by atoms with E-state index in [0.29, 0.717) is 31.9 Å². The topological polar surface area (TPSA) is 75.9 Å². The van der Waals surface area contributed by atoms with Crippen LogP contribution in [0.3, 0.4) is 0 Å². The van der Waals surface area contributed by atoms with E-state index >= 15 is 0 Å². The van der Waals surface area contributed by atoms with Gasteiger partial charge in [-0.05, 0) is 37.8 Å². The average Bonchev–Trinajstić information content (AvgIpc) is 2.98. The number of carbonyl (C=O) groups excluding carboxylic acids is 2. The number of fused-ring (bicyclic) bond motifs is 1. The minimum Gasteiger partial charge on any atom is -0.455 e. The van der Waals surface area contributed by atoms with Gasteiger partial charge in [-0.25, -0.2) is 0 Å². The zero-order chi connectivity index (χ0) is 19.3. The first-order valence-electron chi connectivity index (χ1n) is 10.3. The number of esters is 1. The second-order valence-corrected chi connectivity index (χ2v) is 7.63. The van der Waals surface area contributed by atoms with Crippen LogP contribution in [0.2, 0.25) is 0 Å². The van der Waals surface area contributed by atoms with Crippen LogP contribution in [0.1, 0.15) is 38.5 Å². The van der Waals surface area contributed by atoms with Crippen molar-refractivity contribution in [3.8, 4) is 0 Å². The highest BCUT2D eigenvalue weighted by Gasteiger charge is 2.29. The van der Waals surface area contributed by atoms with Gasteiger partial charge in [0.25, 0.3) is 11.9 Å². The number of carbonyl (C=O) groups is 2. The van der Waals surface area contributed by atoms with Crippen LogP contribution >= 0.6 is 0 Å². The zero-order valence-electron chi connectivity index (χ0n) is 16.1. The Bertz CT molecular complexity index is 785. The fraction of sp³-hybridized carbons (Fsp3) is 0.571. The molecule has 2 saturated heterocycles. The van der Waals surface area contributed by atoms with Crippen LogP contribution in [0.15, 0.2) is 28.7 Å². The molecule has 2 aromatic rings. The Morgan fingerprint density at radius 3 is 2.46 bits per heavy atom. The number of piperidine rings is 1. The van der Waals surface area contributed by atoms with Crippen LogP contribution < -0.4 is 4.90 Å². The number of aromatic nitrogens is 1. The van der Waals surface area contributed by atoms with Crippen molar-refractivity contribution in [2.45, 2.75) is 38.5 Å². The molecular formula is C21H27N3O4. The average molecular weight is 385 g/mol. The van der Waals surface area contributed by atoms with Gasteiger partial charge in [0.1, 0.15) is 5.52 Å². The minimum absolute atomic E-state index is 0.0702. The quantitative estimate of drug-likeness (QED) is 0.753. The third kappa shape index (κ3) is 4.29. The fourth-order valence-electron chi connectivity index (χ4n) is 3.96. The van der Waals surface area contributed by atoms with Gasteiger partial charge in [0.2, 0.25) is 0 Å². The molecule has 1 amide bonds. The lowest BCUT2D eigenvalue weighted by Crippen LogP contribution is -2.39. The predicted octanol–water partition coefficient (Wildman–Crippen LogP) is 2.99. The molecule has 0 spiro atoms. The Balaban J connectivity index is 1.25. The number of benzene rings is 1. The van der Waals surface area contributed by atoms with Crippen molar-refractivity contribution in [1.29, 1.82) is 0 Å². The lowest BCUT2D eigenvalue weighted by atomic mass is 9.97. The van der Waals surface area contributed by atoms with Gasteiger partial charge in [0.05, 0.1) is 5.92 Å². The Labute approximate surface area is 164 Å². The number of amides is 1. The first-order valence-corrected chi connectivity index (χ1v) is 10.3. The summed E-state index contributed by atoms with van der Waals surface area (Å²) in [6.07, 6.45) is 5.76. The molecule has 2 aliphatic rings. The van der Waals surface area contributed by atoms with Crippen molar-refractivity contribution in [3.05, 3.63) is 24.3 Å². The number of hydrogen-bond acceptors (Lipinski definition) is 6. The summed E-state index contributed by atoms with van der Waals surface area (Å²) in [6, 6.07) is 8.28. The molecule has 0 N–H and O–H groups in total. The van der Waals surface area contributed by atoms with Gasteiger partial charge in [-0.15, -0.1) is 0 Å². The van der Waals surface area contributed by atoms with Crippen molar-refractivity contribution in [1.82, 2.24) is 9.88 Å². The van der Waals surface area contributed by atoms with Crippen molar-refractivity contribution >= 4 is 29.0 Å². The molecule has 0 unspecified atom stereocenters. The molecule has 0 saturated carbocycles. The van der Waals surface area contributed by atoms with Gasteiger partial charge in [0, 0.05) is 26.2 Å². The summed E-state index contributed by atoms with van der Waals surface area (Å²) in [6.45, 7) is 2.79. The maximum Gasteiger partial charge on any atom is 0.309 e. The summed E-state index contributed by atoms with van der Waals surface area (Å²) in [5.74, 6) is -0.503. The van der Waals surface area contributed by atoms with Crippen LogP contribution in [-0.4, -0.2) is 54.5 Å². The third-order valence-corrected chi connectivity index (χ3v) is 5.68. The maximum absolute atomic E-state index is 12.4. The van der Waals surface area contributed by atoms with Crippen LogP contribution in [0.4, 0.5) is 6.01 Å².